The molecule has 2 aromatic rings. The standard InChI is InChI=1S/C17H18N4O4/c22-13-5-1-4-11-10(13)7-12(19-11)14(23)18-8-9-3-2-6-17(9)15(24)20-16(25)21-17/h1,4-5,7,9,19,22H,2-3,6,8H2,(H,18,23)(H2,20,21,24,25). The molecular weight excluding hydrogens is 324 g/mol. The minimum atomic E-state index is -0.914. The van der Waals surface area contributed by atoms with E-state index < -0.39 is 11.6 Å². The van der Waals surface area contributed by atoms with Gasteiger partial charge in [0.1, 0.15) is 17.0 Å². The van der Waals surface area contributed by atoms with Gasteiger partial charge in [0.25, 0.3) is 11.8 Å². The van der Waals surface area contributed by atoms with Gasteiger partial charge in [0.05, 0.1) is 0 Å². The Morgan fingerprint density at radius 2 is 2.20 bits per heavy atom. The molecule has 8 nitrogen and oxygen atoms in total. The predicted molar refractivity (Wildman–Crippen MR) is 89.0 cm³/mol. The van der Waals surface area contributed by atoms with E-state index in [0.29, 0.717) is 23.0 Å². The second kappa shape index (κ2) is 5.51. The molecule has 0 bridgehead atoms. The van der Waals surface area contributed by atoms with Crippen LogP contribution in [0.25, 0.3) is 10.9 Å². The van der Waals surface area contributed by atoms with Gasteiger partial charge in [-0.15, -0.1) is 0 Å². The smallest absolute Gasteiger partial charge is 0.322 e. The molecule has 2 fully saturated rings. The molecular formula is C17H18N4O4. The lowest BCUT2D eigenvalue weighted by atomic mass is 9.87. The highest BCUT2D eigenvalue weighted by atomic mass is 16.3. The number of aromatic nitrogens is 1. The molecule has 2 atom stereocenters. The Kier molecular flexibility index (Phi) is 3.41. The maximum atomic E-state index is 12.4. The number of H-pyrrole nitrogens is 1. The summed E-state index contributed by atoms with van der Waals surface area (Å²) >= 11 is 0. The van der Waals surface area contributed by atoms with Gasteiger partial charge in [-0.05, 0) is 31.0 Å². The molecule has 1 saturated heterocycles. The lowest BCUT2D eigenvalue weighted by Crippen LogP contribution is -2.53. The van der Waals surface area contributed by atoms with Crippen LogP contribution >= 0.6 is 0 Å². The van der Waals surface area contributed by atoms with E-state index in [2.05, 4.69) is 20.9 Å². The fraction of sp³-hybridized carbons (Fsp3) is 0.353. The molecule has 1 aromatic carbocycles. The highest BCUT2D eigenvalue weighted by Crippen LogP contribution is 2.37. The predicted octanol–water partition coefficient (Wildman–Crippen LogP) is 0.982. The molecule has 2 heterocycles. The average Bonchev–Trinajstić information content (AvgIpc) is 3.24. The number of aromatic amines is 1. The monoisotopic (exact) mass is 342 g/mol. The number of hydrogen-bond donors (Lipinski definition) is 5. The number of aromatic hydroxyl groups is 1. The Morgan fingerprint density at radius 1 is 1.36 bits per heavy atom. The molecule has 1 aliphatic heterocycles. The summed E-state index contributed by atoms with van der Waals surface area (Å²) < 4.78 is 0. The number of rotatable bonds is 3. The van der Waals surface area contributed by atoms with Crippen molar-refractivity contribution in [3.8, 4) is 5.75 Å². The second-order valence-corrected chi connectivity index (χ2v) is 6.60. The van der Waals surface area contributed by atoms with Crippen LogP contribution < -0.4 is 16.0 Å². The topological polar surface area (TPSA) is 123 Å². The highest BCUT2D eigenvalue weighted by molar-refractivity contribution is 6.07. The van der Waals surface area contributed by atoms with E-state index in [1.54, 1.807) is 24.3 Å². The van der Waals surface area contributed by atoms with Crippen LogP contribution in [0.2, 0.25) is 0 Å². The van der Waals surface area contributed by atoms with E-state index in [0.717, 1.165) is 12.8 Å². The summed E-state index contributed by atoms with van der Waals surface area (Å²) in [6.07, 6.45) is 2.14. The zero-order valence-corrected chi connectivity index (χ0v) is 13.4. The number of amides is 4. The maximum absolute atomic E-state index is 12.4. The first kappa shape index (κ1) is 15.5. The first-order chi connectivity index (χ1) is 12.0. The van der Waals surface area contributed by atoms with Crippen LogP contribution in [-0.4, -0.2) is 40.0 Å². The number of urea groups is 1. The minimum Gasteiger partial charge on any atom is -0.507 e. The van der Waals surface area contributed by atoms with Gasteiger partial charge < -0.3 is 20.7 Å². The Labute approximate surface area is 143 Å². The van der Waals surface area contributed by atoms with Gasteiger partial charge in [0.15, 0.2) is 0 Å². The number of fused-ring (bicyclic) bond motifs is 1. The summed E-state index contributed by atoms with van der Waals surface area (Å²) in [5.74, 6) is -0.680. The van der Waals surface area contributed by atoms with Gasteiger partial charge in [0, 0.05) is 23.4 Å². The summed E-state index contributed by atoms with van der Waals surface area (Å²) in [5.41, 5.74) is 0.0941. The SMILES string of the molecule is O=C1NC(=O)C2(CCCC2CNC(=O)c2cc3c(O)cccc3[nH]2)N1. The Morgan fingerprint density at radius 3 is 2.92 bits per heavy atom. The number of phenolic OH excluding ortho intramolecular Hbond substituents is 1. The highest BCUT2D eigenvalue weighted by Gasteiger charge is 2.54. The van der Waals surface area contributed by atoms with Gasteiger partial charge in [0.2, 0.25) is 0 Å². The van der Waals surface area contributed by atoms with Crippen molar-refractivity contribution in [2.75, 3.05) is 6.54 Å². The molecule has 4 rings (SSSR count). The summed E-state index contributed by atoms with van der Waals surface area (Å²) in [4.78, 5) is 39.0. The summed E-state index contributed by atoms with van der Waals surface area (Å²) in [6, 6.07) is 6.14. The lowest BCUT2D eigenvalue weighted by molar-refractivity contribution is -0.125. The van der Waals surface area contributed by atoms with E-state index in [9.17, 15) is 19.5 Å². The van der Waals surface area contributed by atoms with Crippen molar-refractivity contribution in [1.82, 2.24) is 20.9 Å². The van der Waals surface area contributed by atoms with Gasteiger partial charge in [-0.25, -0.2) is 4.79 Å². The van der Waals surface area contributed by atoms with E-state index in [1.807, 2.05) is 0 Å². The fourth-order valence-electron chi connectivity index (χ4n) is 3.90. The number of hydrogen-bond acceptors (Lipinski definition) is 4. The Balaban J connectivity index is 1.49. The van der Waals surface area contributed by atoms with Crippen LogP contribution in [0, 0.1) is 5.92 Å². The van der Waals surface area contributed by atoms with Gasteiger partial charge in [-0.3, -0.25) is 14.9 Å². The van der Waals surface area contributed by atoms with Crippen molar-refractivity contribution in [2.24, 2.45) is 5.92 Å². The summed E-state index contributed by atoms with van der Waals surface area (Å²) in [5, 5.41) is 18.2. The van der Waals surface area contributed by atoms with Crippen LogP contribution in [0.15, 0.2) is 24.3 Å². The van der Waals surface area contributed by atoms with Crippen molar-refractivity contribution >= 4 is 28.7 Å². The van der Waals surface area contributed by atoms with Crippen molar-refractivity contribution in [3.63, 3.8) is 0 Å². The molecule has 1 spiro atoms. The quantitative estimate of drug-likeness (QED) is 0.534. The summed E-state index contributed by atoms with van der Waals surface area (Å²) in [6.45, 7) is 0.286. The largest absolute Gasteiger partial charge is 0.507 e. The van der Waals surface area contributed by atoms with Crippen LogP contribution in [0.4, 0.5) is 4.79 Å². The fourth-order valence-corrected chi connectivity index (χ4v) is 3.90. The van der Waals surface area contributed by atoms with Crippen LogP contribution in [0.1, 0.15) is 29.8 Å². The van der Waals surface area contributed by atoms with E-state index in [4.69, 9.17) is 0 Å². The third-order valence-electron chi connectivity index (χ3n) is 5.18. The van der Waals surface area contributed by atoms with E-state index >= 15 is 0 Å². The molecule has 0 radical (unpaired) electrons. The van der Waals surface area contributed by atoms with Crippen LogP contribution in [-0.2, 0) is 4.79 Å². The molecule has 1 aliphatic carbocycles. The van der Waals surface area contributed by atoms with Crippen molar-refractivity contribution in [1.29, 1.82) is 0 Å². The normalized spacial score (nSPS) is 25.4. The number of imide groups is 1. The van der Waals surface area contributed by atoms with Gasteiger partial charge in [-0.1, -0.05) is 12.5 Å². The van der Waals surface area contributed by atoms with Crippen molar-refractivity contribution < 1.29 is 19.5 Å². The van der Waals surface area contributed by atoms with E-state index in [-0.39, 0.29) is 30.0 Å². The molecule has 25 heavy (non-hydrogen) atoms. The molecule has 5 N–H and O–H groups in total. The first-order valence-electron chi connectivity index (χ1n) is 8.22. The lowest BCUT2D eigenvalue weighted by Gasteiger charge is -2.28. The number of carbonyl (C=O) groups is 3. The van der Waals surface area contributed by atoms with Gasteiger partial charge >= 0.3 is 6.03 Å². The molecule has 130 valence electrons. The Hall–Kier alpha value is -3.03. The number of nitrogens with one attached hydrogen (secondary N) is 4. The molecule has 2 aliphatic rings. The molecule has 1 saturated carbocycles. The Bertz CT molecular complexity index is 890. The number of phenols is 1. The number of carbonyl (C=O) groups excluding carboxylic acids is 3. The third kappa shape index (κ3) is 2.41. The maximum Gasteiger partial charge on any atom is 0.322 e. The average molecular weight is 342 g/mol. The van der Waals surface area contributed by atoms with Crippen molar-refractivity contribution in [3.05, 3.63) is 30.0 Å². The third-order valence-corrected chi connectivity index (χ3v) is 5.18. The molecule has 4 amide bonds. The summed E-state index contributed by atoms with van der Waals surface area (Å²) in [7, 11) is 0. The van der Waals surface area contributed by atoms with Gasteiger partial charge in [-0.2, -0.15) is 0 Å². The van der Waals surface area contributed by atoms with Crippen LogP contribution in [0.3, 0.4) is 0 Å². The molecule has 2 unspecified atom stereocenters. The zero-order chi connectivity index (χ0) is 17.6. The first-order valence-corrected chi connectivity index (χ1v) is 8.22. The van der Waals surface area contributed by atoms with Crippen LogP contribution in [0.5, 0.6) is 5.75 Å². The molecule has 1 aromatic heterocycles. The second-order valence-electron chi connectivity index (χ2n) is 6.60. The van der Waals surface area contributed by atoms with E-state index in [1.165, 1.54) is 0 Å². The van der Waals surface area contributed by atoms with Crippen molar-refractivity contribution in [2.45, 2.75) is 24.8 Å². The number of benzene rings is 1. The molecule has 8 heteroatoms. The zero-order valence-electron chi connectivity index (χ0n) is 13.4. The minimum absolute atomic E-state index is 0.105.